The molecular weight excluding hydrogens is 372 g/mol. The van der Waals surface area contributed by atoms with Crippen LogP contribution in [0.2, 0.25) is 0 Å². The summed E-state index contributed by atoms with van der Waals surface area (Å²) >= 11 is 0. The Kier molecular flexibility index (Phi) is 6.52. The van der Waals surface area contributed by atoms with E-state index in [-0.39, 0.29) is 5.97 Å². The highest BCUT2D eigenvalue weighted by molar-refractivity contribution is 5.89. The van der Waals surface area contributed by atoms with Crippen molar-refractivity contribution in [2.75, 3.05) is 21.3 Å². The molecule has 3 aromatic rings. The minimum absolute atomic E-state index is 0.371. The van der Waals surface area contributed by atoms with Crippen LogP contribution in [0.3, 0.4) is 0 Å². The van der Waals surface area contributed by atoms with Gasteiger partial charge in [0.05, 0.1) is 39.7 Å². The van der Waals surface area contributed by atoms with Gasteiger partial charge in [0, 0.05) is 5.56 Å². The van der Waals surface area contributed by atoms with E-state index in [9.17, 15) is 4.79 Å². The largest absolute Gasteiger partial charge is 0.493 e. The quantitative estimate of drug-likeness (QED) is 0.355. The van der Waals surface area contributed by atoms with Crippen molar-refractivity contribution in [3.63, 3.8) is 0 Å². The van der Waals surface area contributed by atoms with Crippen LogP contribution in [0, 0.1) is 0 Å². The van der Waals surface area contributed by atoms with Gasteiger partial charge < -0.3 is 24.1 Å². The number of hydrogen-bond donors (Lipinski definition) is 1. The fourth-order valence-electron chi connectivity index (χ4n) is 2.70. The van der Waals surface area contributed by atoms with Crippen molar-refractivity contribution in [1.82, 2.24) is 5.43 Å². The summed E-state index contributed by atoms with van der Waals surface area (Å²) in [6.45, 7) is 0.527. The Morgan fingerprint density at radius 3 is 2.45 bits per heavy atom. The summed E-state index contributed by atoms with van der Waals surface area (Å²) in [6.07, 6.45) is 1.60. The molecule has 3 rings (SSSR count). The van der Waals surface area contributed by atoms with Gasteiger partial charge in [-0.05, 0) is 42.0 Å². The molecule has 7 nitrogen and oxygen atoms in total. The summed E-state index contributed by atoms with van der Waals surface area (Å²) in [5.74, 6) is 2.27. The molecule has 0 fully saturated rings. The number of carbonyl (C=O) groups is 1. The second kappa shape index (κ2) is 9.45. The number of hydrazone groups is 1. The summed E-state index contributed by atoms with van der Waals surface area (Å²) < 4.78 is 21.0. The number of nitrogens with one attached hydrogen (secondary N) is 1. The fourth-order valence-corrected chi connectivity index (χ4v) is 2.70. The predicted molar refractivity (Wildman–Crippen MR) is 109 cm³/mol. The zero-order valence-corrected chi connectivity index (χ0v) is 16.5. The molecule has 0 aliphatic heterocycles. The lowest BCUT2D eigenvalue weighted by Crippen LogP contribution is -2.05. The standard InChI is InChI=1S/C22H22N2O5/c1-26-20-10-4-15(12-21(20)27-2)13-23-24-14-18-9-11-19(29-18)16-5-7-17(8-6-16)22(25)28-3/h4-12,14,23H,13H2,1-3H3/b24-14-. The van der Waals surface area contributed by atoms with E-state index in [1.54, 1.807) is 44.7 Å². The van der Waals surface area contributed by atoms with E-state index in [2.05, 4.69) is 10.5 Å². The lowest BCUT2D eigenvalue weighted by molar-refractivity contribution is 0.0600. The zero-order chi connectivity index (χ0) is 20.6. The third-order valence-electron chi connectivity index (χ3n) is 4.23. The lowest BCUT2D eigenvalue weighted by Gasteiger charge is -2.09. The van der Waals surface area contributed by atoms with Crippen molar-refractivity contribution >= 4 is 12.2 Å². The summed E-state index contributed by atoms with van der Waals surface area (Å²) in [7, 11) is 4.56. The van der Waals surface area contributed by atoms with E-state index in [0.717, 1.165) is 11.1 Å². The van der Waals surface area contributed by atoms with Gasteiger partial charge in [-0.1, -0.05) is 18.2 Å². The van der Waals surface area contributed by atoms with Crippen LogP contribution >= 0.6 is 0 Å². The highest BCUT2D eigenvalue weighted by Crippen LogP contribution is 2.27. The van der Waals surface area contributed by atoms with Gasteiger partial charge in [0.2, 0.25) is 0 Å². The molecule has 1 heterocycles. The van der Waals surface area contributed by atoms with Crippen molar-refractivity contribution in [2.24, 2.45) is 5.10 Å². The van der Waals surface area contributed by atoms with Gasteiger partial charge in [0.1, 0.15) is 11.5 Å². The summed E-state index contributed by atoms with van der Waals surface area (Å²) in [5, 5.41) is 4.19. The number of rotatable bonds is 8. The van der Waals surface area contributed by atoms with Crippen molar-refractivity contribution in [2.45, 2.75) is 6.54 Å². The summed E-state index contributed by atoms with van der Waals surface area (Å²) in [6, 6.07) is 16.4. The Balaban J connectivity index is 1.59. The Hall–Kier alpha value is -3.74. The molecule has 0 unspecified atom stereocenters. The van der Waals surface area contributed by atoms with Crippen LogP contribution in [0.4, 0.5) is 0 Å². The van der Waals surface area contributed by atoms with Gasteiger partial charge in [0.25, 0.3) is 0 Å². The minimum Gasteiger partial charge on any atom is -0.493 e. The maximum absolute atomic E-state index is 11.5. The summed E-state index contributed by atoms with van der Waals surface area (Å²) in [5.41, 5.74) is 5.33. The molecule has 1 aromatic heterocycles. The number of furan rings is 1. The monoisotopic (exact) mass is 394 g/mol. The van der Waals surface area contributed by atoms with E-state index < -0.39 is 0 Å². The molecule has 0 saturated carbocycles. The molecule has 7 heteroatoms. The van der Waals surface area contributed by atoms with E-state index in [1.807, 2.05) is 30.3 Å². The van der Waals surface area contributed by atoms with Gasteiger partial charge >= 0.3 is 5.97 Å². The molecule has 0 atom stereocenters. The minimum atomic E-state index is -0.371. The molecular formula is C22H22N2O5. The van der Waals surface area contributed by atoms with E-state index >= 15 is 0 Å². The normalized spacial score (nSPS) is 10.7. The van der Waals surface area contributed by atoms with Crippen molar-refractivity contribution in [1.29, 1.82) is 0 Å². The van der Waals surface area contributed by atoms with Crippen LogP contribution in [-0.2, 0) is 11.3 Å². The van der Waals surface area contributed by atoms with Gasteiger partial charge in [-0.25, -0.2) is 4.79 Å². The van der Waals surface area contributed by atoms with Crippen LogP contribution in [0.25, 0.3) is 11.3 Å². The summed E-state index contributed by atoms with van der Waals surface area (Å²) in [4.78, 5) is 11.5. The first-order valence-corrected chi connectivity index (χ1v) is 8.90. The molecule has 0 radical (unpaired) electrons. The van der Waals surface area contributed by atoms with E-state index in [0.29, 0.717) is 35.1 Å². The number of methoxy groups -OCH3 is 3. The van der Waals surface area contributed by atoms with Gasteiger partial charge in [-0.15, -0.1) is 0 Å². The molecule has 2 aromatic carbocycles. The van der Waals surface area contributed by atoms with Gasteiger partial charge in [0.15, 0.2) is 11.5 Å². The Morgan fingerprint density at radius 1 is 1.00 bits per heavy atom. The first kappa shape index (κ1) is 20.0. The van der Waals surface area contributed by atoms with E-state index in [1.165, 1.54) is 7.11 Å². The SMILES string of the molecule is COC(=O)c1ccc(-c2ccc(/C=N\NCc3ccc(OC)c(OC)c3)o2)cc1. The highest BCUT2D eigenvalue weighted by Gasteiger charge is 2.08. The maximum Gasteiger partial charge on any atom is 0.337 e. The van der Waals surface area contributed by atoms with Crippen LogP contribution in [-0.4, -0.2) is 33.5 Å². The molecule has 0 bridgehead atoms. The third kappa shape index (κ3) is 4.95. The van der Waals surface area contributed by atoms with Crippen molar-refractivity contribution < 1.29 is 23.4 Å². The molecule has 150 valence electrons. The molecule has 0 amide bonds. The first-order valence-electron chi connectivity index (χ1n) is 8.90. The predicted octanol–water partition coefficient (Wildman–Crippen LogP) is 3.87. The Morgan fingerprint density at radius 2 is 1.76 bits per heavy atom. The first-order chi connectivity index (χ1) is 14.1. The fraction of sp³-hybridized carbons (Fsp3) is 0.182. The van der Waals surface area contributed by atoms with Crippen LogP contribution in [0.1, 0.15) is 21.7 Å². The smallest absolute Gasteiger partial charge is 0.337 e. The maximum atomic E-state index is 11.5. The molecule has 29 heavy (non-hydrogen) atoms. The number of carbonyl (C=O) groups excluding carboxylic acids is 1. The van der Waals surface area contributed by atoms with Crippen molar-refractivity contribution in [3.8, 4) is 22.8 Å². The molecule has 0 saturated heterocycles. The Bertz CT molecular complexity index is 993. The van der Waals surface area contributed by atoms with Crippen LogP contribution in [0.15, 0.2) is 64.1 Å². The number of ether oxygens (including phenoxy) is 3. The van der Waals surface area contributed by atoms with Crippen LogP contribution < -0.4 is 14.9 Å². The number of esters is 1. The number of benzene rings is 2. The average molecular weight is 394 g/mol. The number of nitrogens with zero attached hydrogens (tertiary/aromatic N) is 1. The highest BCUT2D eigenvalue weighted by atomic mass is 16.5. The van der Waals surface area contributed by atoms with Crippen LogP contribution in [0.5, 0.6) is 11.5 Å². The second-order valence-corrected chi connectivity index (χ2v) is 6.05. The molecule has 0 spiro atoms. The van der Waals surface area contributed by atoms with Gasteiger partial charge in [-0.2, -0.15) is 5.10 Å². The molecule has 0 aliphatic rings. The van der Waals surface area contributed by atoms with Gasteiger partial charge in [-0.3, -0.25) is 0 Å². The number of hydrogen-bond acceptors (Lipinski definition) is 7. The topological polar surface area (TPSA) is 82.3 Å². The Labute approximate surface area is 168 Å². The third-order valence-corrected chi connectivity index (χ3v) is 4.23. The zero-order valence-electron chi connectivity index (χ0n) is 16.5. The van der Waals surface area contributed by atoms with E-state index in [4.69, 9.17) is 18.6 Å². The lowest BCUT2D eigenvalue weighted by atomic mass is 10.1. The average Bonchev–Trinajstić information content (AvgIpc) is 3.25. The second-order valence-electron chi connectivity index (χ2n) is 6.05. The van der Waals surface area contributed by atoms with Crippen molar-refractivity contribution in [3.05, 3.63) is 71.5 Å². The molecule has 0 aliphatic carbocycles. The molecule has 1 N–H and O–H groups in total.